The van der Waals surface area contributed by atoms with E-state index in [2.05, 4.69) is 33.0 Å². The first-order valence-corrected chi connectivity index (χ1v) is 8.31. The second kappa shape index (κ2) is 10.1. The normalized spacial score (nSPS) is 10.6. The van der Waals surface area contributed by atoms with Crippen LogP contribution in [-0.2, 0) is 4.79 Å². The largest absolute Gasteiger partial charge is 0.493 e. The van der Waals surface area contributed by atoms with E-state index in [1.165, 1.54) is 0 Å². The van der Waals surface area contributed by atoms with Crippen molar-refractivity contribution in [2.24, 2.45) is 5.92 Å². The molecular weight excluding hydrogens is 276 g/mol. The Balaban J connectivity index is 2.52. The molecule has 22 heavy (non-hydrogen) atoms. The van der Waals surface area contributed by atoms with Gasteiger partial charge in [-0.3, -0.25) is 4.79 Å². The Kier molecular flexibility index (Phi) is 8.41. The number of nitrogens with one attached hydrogen (secondary N) is 1. The van der Waals surface area contributed by atoms with Crippen LogP contribution in [0.5, 0.6) is 5.75 Å². The van der Waals surface area contributed by atoms with Crippen molar-refractivity contribution < 1.29 is 9.53 Å². The Bertz CT molecular complexity index is 440. The van der Waals surface area contributed by atoms with E-state index in [-0.39, 0.29) is 5.91 Å². The van der Waals surface area contributed by atoms with Crippen LogP contribution in [0.2, 0.25) is 0 Å². The number of hydrogen-bond acceptors (Lipinski definition) is 3. The van der Waals surface area contributed by atoms with Crippen LogP contribution < -0.4 is 10.1 Å². The van der Waals surface area contributed by atoms with E-state index < -0.39 is 0 Å². The molecule has 1 aromatic rings. The molecule has 1 amide bonds. The number of carbonyl (C=O) groups is 1. The van der Waals surface area contributed by atoms with Crippen LogP contribution in [0.4, 0.5) is 5.69 Å². The molecule has 1 N–H and O–H groups in total. The second-order valence-corrected chi connectivity index (χ2v) is 5.97. The van der Waals surface area contributed by atoms with Crippen LogP contribution >= 0.6 is 0 Å². The molecule has 4 nitrogen and oxygen atoms in total. The summed E-state index contributed by atoms with van der Waals surface area (Å²) in [6, 6.07) is 7.79. The molecule has 1 aromatic carbocycles. The highest BCUT2D eigenvalue weighted by Gasteiger charge is 2.11. The predicted molar refractivity (Wildman–Crippen MR) is 92.4 cm³/mol. The number of nitrogens with zero attached hydrogens (tertiary/aromatic N) is 1. The minimum Gasteiger partial charge on any atom is -0.493 e. The lowest BCUT2D eigenvalue weighted by Crippen LogP contribution is -2.36. The summed E-state index contributed by atoms with van der Waals surface area (Å²) in [6.07, 6.45) is 1.98. The van der Waals surface area contributed by atoms with Crippen molar-refractivity contribution in [2.75, 3.05) is 31.6 Å². The van der Waals surface area contributed by atoms with Crippen LogP contribution in [0, 0.1) is 5.92 Å². The summed E-state index contributed by atoms with van der Waals surface area (Å²) in [5.74, 6) is 1.48. The molecule has 0 saturated carbocycles. The number of benzene rings is 1. The molecule has 0 atom stereocenters. The highest BCUT2D eigenvalue weighted by molar-refractivity contribution is 5.80. The van der Waals surface area contributed by atoms with E-state index in [1.807, 2.05) is 29.2 Å². The smallest absolute Gasteiger partial charge is 0.241 e. The van der Waals surface area contributed by atoms with Crippen molar-refractivity contribution in [3.8, 4) is 5.75 Å². The quantitative estimate of drug-likeness (QED) is 0.715. The van der Waals surface area contributed by atoms with Crippen LogP contribution in [0.3, 0.4) is 0 Å². The van der Waals surface area contributed by atoms with Crippen molar-refractivity contribution in [3.63, 3.8) is 0 Å². The van der Waals surface area contributed by atoms with Gasteiger partial charge in [0, 0.05) is 24.8 Å². The first kappa shape index (κ1) is 18.3. The maximum absolute atomic E-state index is 12.2. The molecule has 0 spiro atoms. The first-order valence-electron chi connectivity index (χ1n) is 8.31. The summed E-state index contributed by atoms with van der Waals surface area (Å²) in [5.41, 5.74) is 0.919. The van der Waals surface area contributed by atoms with E-state index in [1.54, 1.807) is 0 Å². The average molecular weight is 306 g/mol. The number of anilines is 1. The SMILES string of the molecule is CCCN(CCC)C(=O)CNc1cccc(OCC(C)C)c1. The third-order valence-corrected chi connectivity index (χ3v) is 3.20. The molecule has 0 aliphatic heterocycles. The monoisotopic (exact) mass is 306 g/mol. The molecule has 1 rings (SSSR count). The maximum Gasteiger partial charge on any atom is 0.241 e. The topological polar surface area (TPSA) is 41.6 Å². The molecule has 0 aromatic heterocycles. The Morgan fingerprint density at radius 1 is 1.23 bits per heavy atom. The van der Waals surface area contributed by atoms with Gasteiger partial charge in [0.05, 0.1) is 13.2 Å². The molecule has 124 valence electrons. The van der Waals surface area contributed by atoms with Crippen LogP contribution in [0.25, 0.3) is 0 Å². The third kappa shape index (κ3) is 6.83. The summed E-state index contributed by atoms with van der Waals surface area (Å²) in [4.78, 5) is 14.2. The Morgan fingerprint density at radius 2 is 1.91 bits per heavy atom. The van der Waals surface area contributed by atoms with Gasteiger partial charge in [-0.1, -0.05) is 33.8 Å². The zero-order chi connectivity index (χ0) is 16.4. The van der Waals surface area contributed by atoms with E-state index in [9.17, 15) is 4.79 Å². The maximum atomic E-state index is 12.2. The number of carbonyl (C=O) groups excluding carboxylic acids is 1. The first-order chi connectivity index (χ1) is 10.6. The fourth-order valence-corrected chi connectivity index (χ4v) is 2.15. The number of hydrogen-bond donors (Lipinski definition) is 1. The summed E-state index contributed by atoms with van der Waals surface area (Å²) >= 11 is 0. The van der Waals surface area contributed by atoms with Crippen molar-refractivity contribution in [1.82, 2.24) is 4.90 Å². The predicted octanol–water partition coefficient (Wildman–Crippen LogP) is 3.78. The van der Waals surface area contributed by atoms with Gasteiger partial charge in [0.25, 0.3) is 0 Å². The van der Waals surface area contributed by atoms with Crippen molar-refractivity contribution in [1.29, 1.82) is 0 Å². The highest BCUT2D eigenvalue weighted by Crippen LogP contribution is 2.18. The van der Waals surface area contributed by atoms with Gasteiger partial charge in [0.2, 0.25) is 5.91 Å². The minimum absolute atomic E-state index is 0.150. The summed E-state index contributed by atoms with van der Waals surface area (Å²) in [6.45, 7) is 11.1. The standard InChI is InChI=1S/C18H30N2O2/c1-5-10-20(11-6-2)18(21)13-19-16-8-7-9-17(12-16)22-14-15(3)4/h7-9,12,15,19H,5-6,10-11,13-14H2,1-4H3. The second-order valence-electron chi connectivity index (χ2n) is 5.97. The number of rotatable bonds is 10. The molecule has 0 bridgehead atoms. The molecule has 0 fully saturated rings. The Hall–Kier alpha value is -1.71. The van der Waals surface area contributed by atoms with Gasteiger partial charge >= 0.3 is 0 Å². The highest BCUT2D eigenvalue weighted by atomic mass is 16.5. The molecule has 0 unspecified atom stereocenters. The fraction of sp³-hybridized carbons (Fsp3) is 0.611. The average Bonchev–Trinajstić information content (AvgIpc) is 2.51. The van der Waals surface area contributed by atoms with Gasteiger partial charge in [-0.25, -0.2) is 0 Å². The van der Waals surface area contributed by atoms with E-state index >= 15 is 0 Å². The van der Waals surface area contributed by atoms with Crippen LogP contribution in [0.15, 0.2) is 24.3 Å². The molecule has 0 saturated heterocycles. The van der Waals surface area contributed by atoms with E-state index in [4.69, 9.17) is 4.74 Å². The lowest BCUT2D eigenvalue weighted by atomic mass is 10.2. The van der Waals surface area contributed by atoms with Gasteiger partial charge in [-0.2, -0.15) is 0 Å². The van der Waals surface area contributed by atoms with Gasteiger partial charge in [-0.05, 0) is 30.9 Å². The Morgan fingerprint density at radius 3 is 2.50 bits per heavy atom. The Labute approximate surface area is 134 Å². The minimum atomic E-state index is 0.150. The summed E-state index contributed by atoms with van der Waals surface area (Å²) in [5, 5.41) is 3.20. The lowest BCUT2D eigenvalue weighted by molar-refractivity contribution is -0.129. The van der Waals surface area contributed by atoms with Gasteiger partial charge in [0.1, 0.15) is 5.75 Å². The summed E-state index contributed by atoms with van der Waals surface area (Å²) < 4.78 is 5.70. The molecule has 0 heterocycles. The number of ether oxygens (including phenoxy) is 1. The van der Waals surface area contributed by atoms with Crippen LogP contribution in [-0.4, -0.2) is 37.0 Å². The van der Waals surface area contributed by atoms with Crippen LogP contribution in [0.1, 0.15) is 40.5 Å². The van der Waals surface area contributed by atoms with Crippen molar-refractivity contribution >= 4 is 11.6 Å². The van der Waals surface area contributed by atoms with Crippen molar-refractivity contribution in [3.05, 3.63) is 24.3 Å². The molecule has 0 radical (unpaired) electrons. The van der Waals surface area contributed by atoms with Gasteiger partial charge in [0.15, 0.2) is 0 Å². The molecular formula is C18H30N2O2. The van der Waals surface area contributed by atoms with Crippen molar-refractivity contribution in [2.45, 2.75) is 40.5 Å². The molecule has 0 aliphatic rings. The fourth-order valence-electron chi connectivity index (χ4n) is 2.15. The van der Waals surface area contributed by atoms with Gasteiger partial charge < -0.3 is 15.0 Å². The summed E-state index contributed by atoms with van der Waals surface area (Å²) in [7, 11) is 0. The van der Waals surface area contributed by atoms with E-state index in [0.29, 0.717) is 19.1 Å². The lowest BCUT2D eigenvalue weighted by Gasteiger charge is -2.22. The molecule has 4 heteroatoms. The number of amides is 1. The zero-order valence-corrected chi connectivity index (χ0v) is 14.4. The van der Waals surface area contributed by atoms with Gasteiger partial charge in [-0.15, -0.1) is 0 Å². The van der Waals surface area contributed by atoms with E-state index in [0.717, 1.165) is 37.4 Å². The molecule has 0 aliphatic carbocycles. The third-order valence-electron chi connectivity index (χ3n) is 3.20. The zero-order valence-electron chi connectivity index (χ0n) is 14.4.